The van der Waals surface area contributed by atoms with E-state index in [2.05, 4.69) is 34.9 Å². The van der Waals surface area contributed by atoms with Crippen molar-refractivity contribution in [2.75, 3.05) is 11.5 Å². The maximum atomic E-state index is 10.7. The minimum Gasteiger partial charge on any atom is -0.386 e. The van der Waals surface area contributed by atoms with E-state index in [1.54, 1.807) is 6.20 Å². The van der Waals surface area contributed by atoms with Gasteiger partial charge in [-0.15, -0.1) is 0 Å². The Bertz CT molecular complexity index is 399. The molecule has 0 bridgehead atoms. The van der Waals surface area contributed by atoms with Crippen LogP contribution in [0.15, 0.2) is 10.7 Å². The van der Waals surface area contributed by atoms with E-state index >= 15 is 0 Å². The highest BCUT2D eigenvalue weighted by molar-refractivity contribution is 9.10. The molecule has 0 aliphatic carbocycles. The summed E-state index contributed by atoms with van der Waals surface area (Å²) in [6, 6.07) is 0. The van der Waals surface area contributed by atoms with Crippen LogP contribution in [0.3, 0.4) is 0 Å². The maximum Gasteiger partial charge on any atom is 0.110 e. The highest BCUT2D eigenvalue weighted by atomic mass is 79.9. The van der Waals surface area contributed by atoms with Gasteiger partial charge in [0.25, 0.3) is 0 Å². The molecule has 1 saturated heterocycles. The molecule has 3 unspecified atom stereocenters. The highest BCUT2D eigenvalue weighted by Crippen LogP contribution is 2.40. The van der Waals surface area contributed by atoms with Crippen LogP contribution >= 0.6 is 39.5 Å². The average Bonchev–Trinajstić information content (AvgIpc) is 2.71. The Morgan fingerprint density at radius 3 is 2.94 bits per heavy atom. The molecule has 0 aromatic carbocycles. The van der Waals surface area contributed by atoms with Crippen molar-refractivity contribution < 1.29 is 5.11 Å². The molecule has 0 saturated carbocycles. The summed E-state index contributed by atoms with van der Waals surface area (Å²) in [5.41, 5.74) is 0.934. The second-order valence-electron chi connectivity index (χ2n) is 4.46. The SMILES string of the molecule is CCCn1ncc(Br)c1C(O)C1SCCSC1C. The van der Waals surface area contributed by atoms with Gasteiger partial charge in [-0.25, -0.2) is 0 Å². The number of aromatic nitrogens is 2. The molecule has 2 rings (SSSR count). The first-order chi connectivity index (χ1) is 8.65. The van der Waals surface area contributed by atoms with Gasteiger partial charge in [0.15, 0.2) is 0 Å². The second-order valence-corrected chi connectivity index (χ2v) is 8.08. The number of aryl methyl sites for hydroxylation is 1. The second kappa shape index (κ2) is 6.68. The van der Waals surface area contributed by atoms with E-state index in [0.717, 1.165) is 28.9 Å². The molecular weight excluding hydrogens is 332 g/mol. The van der Waals surface area contributed by atoms with Crippen LogP contribution in [-0.4, -0.2) is 36.9 Å². The lowest BCUT2D eigenvalue weighted by atomic mass is 10.1. The molecule has 3 nitrogen and oxygen atoms in total. The predicted molar refractivity (Wildman–Crippen MR) is 83.3 cm³/mol. The topological polar surface area (TPSA) is 38.0 Å². The van der Waals surface area contributed by atoms with E-state index in [-0.39, 0.29) is 5.25 Å². The Kier molecular flexibility index (Phi) is 5.47. The minimum atomic E-state index is -0.443. The van der Waals surface area contributed by atoms with Crippen LogP contribution in [0.2, 0.25) is 0 Å². The Labute approximate surface area is 125 Å². The zero-order valence-corrected chi connectivity index (χ0v) is 13.9. The lowest BCUT2D eigenvalue weighted by molar-refractivity contribution is 0.162. The van der Waals surface area contributed by atoms with Gasteiger partial charge in [-0.2, -0.15) is 28.6 Å². The smallest absolute Gasteiger partial charge is 0.110 e. The van der Waals surface area contributed by atoms with Gasteiger partial charge in [0.05, 0.1) is 16.4 Å². The molecule has 1 fully saturated rings. The fourth-order valence-electron chi connectivity index (χ4n) is 2.21. The Morgan fingerprint density at radius 2 is 2.28 bits per heavy atom. The molecule has 0 spiro atoms. The van der Waals surface area contributed by atoms with Gasteiger partial charge >= 0.3 is 0 Å². The number of hydrogen-bond acceptors (Lipinski definition) is 4. The van der Waals surface area contributed by atoms with Crippen molar-refractivity contribution in [2.45, 2.75) is 43.4 Å². The molecule has 102 valence electrons. The molecule has 0 amide bonds. The van der Waals surface area contributed by atoms with Crippen LogP contribution in [0.25, 0.3) is 0 Å². The number of hydrogen-bond donors (Lipinski definition) is 1. The van der Waals surface area contributed by atoms with Gasteiger partial charge in [-0.1, -0.05) is 13.8 Å². The quantitative estimate of drug-likeness (QED) is 0.903. The Balaban J connectivity index is 2.21. The summed E-state index contributed by atoms with van der Waals surface area (Å²) >= 11 is 7.35. The first-order valence-electron chi connectivity index (χ1n) is 6.27. The highest BCUT2D eigenvalue weighted by Gasteiger charge is 2.33. The van der Waals surface area contributed by atoms with Gasteiger partial charge < -0.3 is 5.11 Å². The first-order valence-corrected chi connectivity index (χ1v) is 9.16. The van der Waals surface area contributed by atoms with E-state index in [0.29, 0.717) is 5.25 Å². The Morgan fingerprint density at radius 1 is 1.56 bits per heavy atom. The maximum absolute atomic E-state index is 10.7. The third-order valence-electron chi connectivity index (χ3n) is 3.10. The van der Waals surface area contributed by atoms with E-state index in [1.807, 2.05) is 28.2 Å². The molecule has 2 heterocycles. The molecule has 1 aromatic heterocycles. The molecule has 1 aromatic rings. The first kappa shape index (κ1) is 14.8. The predicted octanol–water partition coefficient (Wildman–Crippen LogP) is 3.33. The van der Waals surface area contributed by atoms with Gasteiger partial charge in [0.2, 0.25) is 0 Å². The van der Waals surface area contributed by atoms with Crippen LogP contribution in [0.5, 0.6) is 0 Å². The molecule has 3 atom stereocenters. The van der Waals surface area contributed by atoms with Crippen molar-refractivity contribution in [3.05, 3.63) is 16.4 Å². The minimum absolute atomic E-state index is 0.257. The number of aliphatic hydroxyl groups is 1. The van der Waals surface area contributed by atoms with Crippen molar-refractivity contribution in [2.24, 2.45) is 0 Å². The van der Waals surface area contributed by atoms with Gasteiger partial charge in [-0.05, 0) is 22.4 Å². The molecule has 18 heavy (non-hydrogen) atoms. The summed E-state index contributed by atoms with van der Waals surface area (Å²) in [6.07, 6.45) is 2.37. The van der Waals surface area contributed by atoms with E-state index < -0.39 is 6.10 Å². The van der Waals surface area contributed by atoms with Crippen LogP contribution in [-0.2, 0) is 6.54 Å². The van der Waals surface area contributed by atoms with Crippen molar-refractivity contribution >= 4 is 39.5 Å². The molecule has 0 radical (unpaired) electrons. The van der Waals surface area contributed by atoms with Crippen LogP contribution in [0, 0.1) is 0 Å². The van der Waals surface area contributed by atoms with Gasteiger partial charge in [0.1, 0.15) is 6.10 Å². The average molecular weight is 351 g/mol. The number of rotatable bonds is 4. The van der Waals surface area contributed by atoms with Gasteiger partial charge in [-0.3, -0.25) is 4.68 Å². The molecule has 1 aliphatic rings. The molecular formula is C12H19BrN2OS2. The third-order valence-corrected chi connectivity index (χ3v) is 6.89. The summed E-state index contributed by atoms with van der Waals surface area (Å²) in [6.45, 7) is 5.19. The standard InChI is InChI=1S/C12H19BrN2OS2/c1-3-4-15-10(9(13)7-14-15)11(16)12-8(2)17-5-6-18-12/h7-8,11-12,16H,3-6H2,1-2H3. The molecule has 1 N–H and O–H groups in total. The lowest BCUT2D eigenvalue weighted by Gasteiger charge is -2.32. The largest absolute Gasteiger partial charge is 0.386 e. The van der Waals surface area contributed by atoms with E-state index in [9.17, 15) is 5.11 Å². The number of halogens is 1. The number of aliphatic hydroxyl groups excluding tert-OH is 1. The summed E-state index contributed by atoms with van der Waals surface area (Å²) in [7, 11) is 0. The number of nitrogens with zero attached hydrogens (tertiary/aromatic N) is 2. The number of thioether (sulfide) groups is 2. The zero-order chi connectivity index (χ0) is 13.1. The fraction of sp³-hybridized carbons (Fsp3) is 0.750. The van der Waals surface area contributed by atoms with Crippen LogP contribution in [0.4, 0.5) is 0 Å². The Hall–Kier alpha value is 0.350. The van der Waals surface area contributed by atoms with Crippen molar-refractivity contribution in [3.63, 3.8) is 0 Å². The van der Waals surface area contributed by atoms with Crippen molar-refractivity contribution in [1.29, 1.82) is 0 Å². The molecule has 6 heteroatoms. The molecule has 1 aliphatic heterocycles. The summed E-state index contributed by atoms with van der Waals surface area (Å²) in [5.74, 6) is 2.31. The van der Waals surface area contributed by atoms with Crippen molar-refractivity contribution in [3.8, 4) is 0 Å². The normalized spacial score (nSPS) is 26.2. The lowest BCUT2D eigenvalue weighted by Crippen LogP contribution is -2.31. The fourth-order valence-corrected chi connectivity index (χ4v) is 5.54. The van der Waals surface area contributed by atoms with Crippen molar-refractivity contribution in [1.82, 2.24) is 9.78 Å². The summed E-state index contributed by atoms with van der Waals surface area (Å²) in [4.78, 5) is 0. The van der Waals surface area contributed by atoms with E-state index in [4.69, 9.17) is 0 Å². The van der Waals surface area contributed by atoms with Crippen LogP contribution < -0.4 is 0 Å². The van der Waals surface area contributed by atoms with Crippen LogP contribution in [0.1, 0.15) is 32.1 Å². The summed E-state index contributed by atoms with van der Waals surface area (Å²) < 4.78 is 2.85. The van der Waals surface area contributed by atoms with E-state index in [1.165, 1.54) is 5.75 Å². The third kappa shape index (κ3) is 3.08. The van der Waals surface area contributed by atoms with Gasteiger partial charge in [0, 0.05) is 28.6 Å². The monoisotopic (exact) mass is 350 g/mol. The zero-order valence-electron chi connectivity index (χ0n) is 10.7. The summed E-state index contributed by atoms with van der Waals surface area (Å²) in [5, 5.41) is 15.7.